The van der Waals surface area contributed by atoms with Crippen molar-refractivity contribution < 1.29 is 22.8 Å². The molecule has 0 atom stereocenters. The maximum atomic E-state index is 13.2. The second-order valence-electron chi connectivity index (χ2n) is 3.49. The molecule has 0 heterocycles. The van der Waals surface area contributed by atoms with Gasteiger partial charge in [0.1, 0.15) is 0 Å². The molecule has 0 saturated carbocycles. The number of rotatable bonds is 4. The Morgan fingerprint density at radius 1 is 1.21 bits per heavy atom. The van der Waals surface area contributed by atoms with Gasteiger partial charge in [0, 0.05) is 0 Å². The number of nitrogens with one attached hydrogen (secondary N) is 2. The molecular formula is C12H11F3N2O2. The van der Waals surface area contributed by atoms with Crippen LogP contribution in [0.3, 0.4) is 0 Å². The number of hydrogen-bond donors (Lipinski definition) is 2. The summed E-state index contributed by atoms with van der Waals surface area (Å²) in [7, 11) is 0. The fourth-order valence-electron chi connectivity index (χ4n) is 1.19. The van der Waals surface area contributed by atoms with Crippen molar-refractivity contribution in [2.24, 2.45) is 0 Å². The van der Waals surface area contributed by atoms with Crippen LogP contribution >= 0.6 is 0 Å². The van der Waals surface area contributed by atoms with Crippen LogP contribution in [-0.2, 0) is 9.59 Å². The number of anilines is 1. The first kappa shape index (κ1) is 14.7. The van der Waals surface area contributed by atoms with Crippen molar-refractivity contribution in [2.75, 3.05) is 11.9 Å². The Morgan fingerprint density at radius 2 is 1.89 bits per heavy atom. The molecule has 0 radical (unpaired) electrons. The largest absolute Gasteiger partial charge is 0.343 e. The first-order valence-electron chi connectivity index (χ1n) is 5.29. The highest BCUT2D eigenvalue weighted by Gasteiger charge is 2.15. The van der Waals surface area contributed by atoms with Gasteiger partial charge in [0.25, 0.3) is 0 Å². The predicted octanol–water partition coefficient (Wildman–Crippen LogP) is 1.73. The van der Waals surface area contributed by atoms with E-state index in [1.54, 1.807) is 6.92 Å². The average molecular weight is 272 g/mol. The van der Waals surface area contributed by atoms with Gasteiger partial charge in [0.15, 0.2) is 17.5 Å². The first-order valence-corrected chi connectivity index (χ1v) is 5.29. The summed E-state index contributed by atoms with van der Waals surface area (Å²) in [5.74, 6) is -5.77. The highest BCUT2D eigenvalue weighted by molar-refractivity contribution is 5.96. The molecule has 0 bridgehead atoms. The van der Waals surface area contributed by atoms with Gasteiger partial charge in [-0.05, 0) is 25.1 Å². The first-order chi connectivity index (χ1) is 8.95. The molecule has 1 aromatic rings. The van der Waals surface area contributed by atoms with Crippen LogP contribution in [-0.4, -0.2) is 18.4 Å². The zero-order valence-electron chi connectivity index (χ0n) is 9.97. The highest BCUT2D eigenvalue weighted by atomic mass is 19.2. The van der Waals surface area contributed by atoms with Crippen LogP contribution in [0.4, 0.5) is 18.9 Å². The number of amides is 2. The molecule has 0 spiro atoms. The van der Waals surface area contributed by atoms with Crippen LogP contribution in [0, 0.1) is 17.5 Å². The lowest BCUT2D eigenvalue weighted by molar-refractivity contribution is -0.121. The van der Waals surface area contributed by atoms with E-state index in [2.05, 4.69) is 5.32 Å². The van der Waals surface area contributed by atoms with Crippen molar-refractivity contribution in [2.45, 2.75) is 6.92 Å². The summed E-state index contributed by atoms with van der Waals surface area (Å²) in [5.41, 5.74) is -0.496. The van der Waals surface area contributed by atoms with E-state index in [1.807, 2.05) is 5.32 Å². The molecule has 0 aromatic heterocycles. The third kappa shape index (κ3) is 4.13. The minimum absolute atomic E-state index is 0.415. The fraction of sp³-hybridized carbons (Fsp3) is 0.167. The lowest BCUT2D eigenvalue weighted by Gasteiger charge is -2.07. The van der Waals surface area contributed by atoms with Gasteiger partial charge in [-0.3, -0.25) is 9.59 Å². The summed E-state index contributed by atoms with van der Waals surface area (Å²) in [6.45, 7) is 1.21. The van der Waals surface area contributed by atoms with Crippen LogP contribution in [0.25, 0.3) is 0 Å². The standard InChI is InChI=1S/C12H11F3N2O2/c1-2-3-9(18)16-6-10(19)17-8-5-4-7(13)11(14)12(8)15/h2-5H,6H2,1H3,(H,16,18)(H,17,19). The molecule has 0 fully saturated rings. The minimum atomic E-state index is -1.67. The van der Waals surface area contributed by atoms with E-state index in [4.69, 9.17) is 0 Å². The third-order valence-electron chi connectivity index (χ3n) is 2.05. The topological polar surface area (TPSA) is 58.2 Å². The van der Waals surface area contributed by atoms with Crippen molar-refractivity contribution in [3.8, 4) is 0 Å². The van der Waals surface area contributed by atoms with Gasteiger partial charge < -0.3 is 10.6 Å². The molecule has 0 saturated heterocycles. The fourth-order valence-corrected chi connectivity index (χ4v) is 1.19. The zero-order valence-corrected chi connectivity index (χ0v) is 9.97. The maximum Gasteiger partial charge on any atom is 0.244 e. The van der Waals surface area contributed by atoms with Gasteiger partial charge in [-0.1, -0.05) is 6.08 Å². The highest BCUT2D eigenvalue weighted by Crippen LogP contribution is 2.19. The summed E-state index contributed by atoms with van der Waals surface area (Å²) < 4.78 is 38.7. The van der Waals surface area contributed by atoms with E-state index in [-0.39, 0.29) is 0 Å². The van der Waals surface area contributed by atoms with E-state index in [0.29, 0.717) is 6.07 Å². The number of carbonyl (C=O) groups excluding carboxylic acids is 2. The van der Waals surface area contributed by atoms with Crippen molar-refractivity contribution in [1.29, 1.82) is 0 Å². The second-order valence-corrected chi connectivity index (χ2v) is 3.49. The Morgan fingerprint density at radius 3 is 2.53 bits per heavy atom. The summed E-state index contributed by atoms with van der Waals surface area (Å²) in [4.78, 5) is 22.3. The molecule has 102 valence electrons. The molecule has 1 rings (SSSR count). The van der Waals surface area contributed by atoms with Crippen molar-refractivity contribution in [3.63, 3.8) is 0 Å². The van der Waals surface area contributed by atoms with Gasteiger partial charge in [0.2, 0.25) is 11.8 Å². The molecular weight excluding hydrogens is 261 g/mol. The number of allylic oxidation sites excluding steroid dienone is 1. The number of halogens is 3. The SMILES string of the molecule is CC=CC(=O)NCC(=O)Nc1ccc(F)c(F)c1F. The molecule has 7 heteroatoms. The van der Waals surface area contributed by atoms with E-state index in [0.717, 1.165) is 6.07 Å². The van der Waals surface area contributed by atoms with Gasteiger partial charge >= 0.3 is 0 Å². The molecule has 2 N–H and O–H groups in total. The summed E-state index contributed by atoms with van der Waals surface area (Å²) in [5, 5.41) is 4.24. The molecule has 0 aliphatic heterocycles. The Hall–Kier alpha value is -2.31. The molecule has 2 amide bonds. The van der Waals surface area contributed by atoms with E-state index in [1.165, 1.54) is 12.2 Å². The lowest BCUT2D eigenvalue weighted by atomic mass is 10.2. The van der Waals surface area contributed by atoms with Crippen LogP contribution in [0.15, 0.2) is 24.3 Å². The lowest BCUT2D eigenvalue weighted by Crippen LogP contribution is -2.32. The van der Waals surface area contributed by atoms with E-state index in [9.17, 15) is 22.8 Å². The molecule has 0 unspecified atom stereocenters. The van der Waals surface area contributed by atoms with Crippen molar-refractivity contribution in [3.05, 3.63) is 41.7 Å². The van der Waals surface area contributed by atoms with E-state index >= 15 is 0 Å². The molecule has 0 aliphatic rings. The summed E-state index contributed by atoms with van der Waals surface area (Å²) in [6, 6.07) is 1.58. The third-order valence-corrected chi connectivity index (χ3v) is 2.05. The molecule has 0 aliphatic carbocycles. The van der Waals surface area contributed by atoms with Crippen LogP contribution in [0.1, 0.15) is 6.92 Å². The van der Waals surface area contributed by atoms with Gasteiger partial charge in [-0.25, -0.2) is 13.2 Å². The summed E-state index contributed by atoms with van der Waals surface area (Å²) in [6.07, 6.45) is 2.67. The van der Waals surface area contributed by atoms with Gasteiger partial charge in [0.05, 0.1) is 12.2 Å². The maximum absolute atomic E-state index is 13.2. The smallest absolute Gasteiger partial charge is 0.244 e. The Kier molecular flexibility index (Phi) is 5.11. The Labute approximate surface area is 107 Å². The number of hydrogen-bond acceptors (Lipinski definition) is 2. The van der Waals surface area contributed by atoms with Gasteiger partial charge in [-0.2, -0.15) is 0 Å². The molecule has 1 aromatic carbocycles. The quantitative estimate of drug-likeness (QED) is 0.648. The second kappa shape index (κ2) is 6.58. The molecule has 19 heavy (non-hydrogen) atoms. The van der Waals surface area contributed by atoms with Crippen LogP contribution in [0.5, 0.6) is 0 Å². The van der Waals surface area contributed by atoms with Crippen LogP contribution < -0.4 is 10.6 Å². The minimum Gasteiger partial charge on any atom is -0.343 e. The zero-order chi connectivity index (χ0) is 14.4. The predicted molar refractivity (Wildman–Crippen MR) is 62.8 cm³/mol. The van der Waals surface area contributed by atoms with Crippen molar-refractivity contribution in [1.82, 2.24) is 5.32 Å². The van der Waals surface area contributed by atoms with E-state index < -0.39 is 41.5 Å². The van der Waals surface area contributed by atoms with Gasteiger partial charge in [-0.15, -0.1) is 0 Å². The summed E-state index contributed by atoms with van der Waals surface area (Å²) >= 11 is 0. The Bertz CT molecular complexity index is 530. The number of benzene rings is 1. The Balaban J connectivity index is 2.63. The number of carbonyl (C=O) groups is 2. The monoisotopic (exact) mass is 272 g/mol. The molecule has 4 nitrogen and oxygen atoms in total. The average Bonchev–Trinajstić information content (AvgIpc) is 2.37. The van der Waals surface area contributed by atoms with Crippen LogP contribution in [0.2, 0.25) is 0 Å². The normalized spacial score (nSPS) is 10.5. The van der Waals surface area contributed by atoms with Crippen molar-refractivity contribution >= 4 is 17.5 Å².